The Morgan fingerprint density at radius 3 is 0.917 bits per heavy atom. The standard InChI is InChI=1S/3C6H11NO2.C6H14O3/c3*1-5(6(8)9)4-7-2-3-7;1-2-6(3-7,4-8)5-9/h3*5H,2-4H2,1H3,(H,8,9);7-9H,2-5H2,1H3. The predicted molar refractivity (Wildman–Crippen MR) is 134 cm³/mol. The summed E-state index contributed by atoms with van der Waals surface area (Å²) in [6.45, 7) is 15.2. The summed E-state index contributed by atoms with van der Waals surface area (Å²) >= 11 is 0. The molecule has 3 atom stereocenters. The van der Waals surface area contributed by atoms with E-state index in [2.05, 4.69) is 14.7 Å². The van der Waals surface area contributed by atoms with E-state index in [-0.39, 0.29) is 37.6 Å². The van der Waals surface area contributed by atoms with Gasteiger partial charge in [-0.25, -0.2) is 0 Å². The number of aliphatic carboxylic acids is 3. The smallest absolute Gasteiger partial charge is 0.307 e. The van der Waals surface area contributed by atoms with E-state index in [4.69, 9.17) is 30.6 Å². The normalized spacial score (nSPS) is 19.1. The number of rotatable bonds is 13. The van der Waals surface area contributed by atoms with Gasteiger partial charge in [-0.2, -0.15) is 0 Å². The molecule has 36 heavy (non-hydrogen) atoms. The molecular weight excluding hydrogens is 474 g/mol. The van der Waals surface area contributed by atoms with Gasteiger partial charge in [0.1, 0.15) is 0 Å². The van der Waals surface area contributed by atoms with Crippen LogP contribution in [0.3, 0.4) is 0 Å². The van der Waals surface area contributed by atoms with Crippen LogP contribution in [0.5, 0.6) is 0 Å². The summed E-state index contributed by atoms with van der Waals surface area (Å²) < 4.78 is 0. The van der Waals surface area contributed by atoms with E-state index >= 15 is 0 Å². The monoisotopic (exact) mass is 521 g/mol. The maximum atomic E-state index is 10.2. The first-order valence-corrected chi connectivity index (χ1v) is 12.5. The van der Waals surface area contributed by atoms with E-state index in [1.165, 1.54) is 0 Å². The fraction of sp³-hybridized carbons (Fsp3) is 0.875. The van der Waals surface area contributed by atoms with Gasteiger partial charge in [-0.05, 0) is 6.42 Å². The third-order valence-electron chi connectivity index (χ3n) is 6.24. The Labute approximate surface area is 214 Å². The third kappa shape index (κ3) is 16.8. The van der Waals surface area contributed by atoms with Gasteiger partial charge in [0.15, 0.2) is 0 Å². The zero-order valence-corrected chi connectivity index (χ0v) is 22.2. The molecule has 0 saturated carbocycles. The van der Waals surface area contributed by atoms with E-state index in [0.717, 1.165) is 58.9 Å². The van der Waals surface area contributed by atoms with Crippen LogP contribution in [0.15, 0.2) is 0 Å². The van der Waals surface area contributed by atoms with Crippen LogP contribution in [-0.2, 0) is 14.4 Å². The Balaban J connectivity index is 0.000000454. The molecule has 3 aliphatic heterocycles. The van der Waals surface area contributed by atoms with E-state index in [0.29, 0.717) is 6.42 Å². The lowest BCUT2D eigenvalue weighted by Crippen LogP contribution is -2.32. The number of hydrogen-bond acceptors (Lipinski definition) is 9. The minimum Gasteiger partial charge on any atom is -0.481 e. The zero-order valence-electron chi connectivity index (χ0n) is 22.2. The second-order valence-electron chi connectivity index (χ2n) is 9.95. The summed E-state index contributed by atoms with van der Waals surface area (Å²) in [6, 6.07) is 0. The first-order valence-electron chi connectivity index (χ1n) is 12.5. The van der Waals surface area contributed by atoms with Crippen LogP contribution in [-0.4, -0.2) is 142 Å². The number of aliphatic hydroxyl groups is 3. The number of nitrogens with zero attached hydrogens (tertiary/aromatic N) is 3. The van der Waals surface area contributed by atoms with Crippen molar-refractivity contribution in [2.45, 2.75) is 34.1 Å². The molecular formula is C24H47N3O9. The maximum Gasteiger partial charge on any atom is 0.307 e. The van der Waals surface area contributed by atoms with Crippen LogP contribution in [0, 0.1) is 23.2 Å². The largest absolute Gasteiger partial charge is 0.481 e. The molecule has 0 aromatic rings. The Hall–Kier alpha value is -1.83. The Bertz CT molecular complexity index is 560. The van der Waals surface area contributed by atoms with Crippen molar-refractivity contribution in [3.05, 3.63) is 0 Å². The lowest BCUT2D eigenvalue weighted by Gasteiger charge is -2.24. The van der Waals surface area contributed by atoms with Crippen LogP contribution in [0.25, 0.3) is 0 Å². The first-order chi connectivity index (χ1) is 16.8. The minimum atomic E-state index is -0.693. The molecule has 3 aliphatic rings. The first kappa shape index (κ1) is 34.2. The molecule has 0 amide bonds. The molecule has 3 saturated heterocycles. The van der Waals surface area contributed by atoms with Gasteiger partial charge in [-0.1, -0.05) is 27.7 Å². The van der Waals surface area contributed by atoms with Crippen molar-refractivity contribution in [2.75, 3.05) is 78.7 Å². The summed E-state index contributed by atoms with van der Waals surface area (Å²) in [7, 11) is 0. The Morgan fingerprint density at radius 2 is 0.833 bits per heavy atom. The van der Waals surface area contributed by atoms with Gasteiger partial charge >= 0.3 is 17.9 Å². The Morgan fingerprint density at radius 1 is 0.611 bits per heavy atom. The summed E-state index contributed by atoms with van der Waals surface area (Å²) in [4.78, 5) is 37.0. The van der Waals surface area contributed by atoms with Crippen LogP contribution in [0.2, 0.25) is 0 Å². The number of aliphatic hydroxyl groups excluding tert-OH is 3. The van der Waals surface area contributed by atoms with Crippen LogP contribution >= 0.6 is 0 Å². The molecule has 3 heterocycles. The summed E-state index contributed by atoms with van der Waals surface area (Å²) in [5.41, 5.74) is -0.667. The molecule has 3 rings (SSSR count). The number of hydrogen-bond donors (Lipinski definition) is 6. The molecule has 0 bridgehead atoms. The maximum absolute atomic E-state index is 10.2. The molecule has 0 aromatic carbocycles. The molecule has 0 aromatic heterocycles. The highest BCUT2D eigenvalue weighted by molar-refractivity contribution is 5.70. The molecule has 0 aliphatic carbocycles. The lowest BCUT2D eigenvalue weighted by atomic mass is 9.88. The highest BCUT2D eigenvalue weighted by Crippen LogP contribution is 2.18. The van der Waals surface area contributed by atoms with Crippen molar-refractivity contribution < 1.29 is 45.0 Å². The number of carboxylic acids is 3. The van der Waals surface area contributed by atoms with Crippen LogP contribution < -0.4 is 0 Å². The number of carbonyl (C=O) groups is 3. The average Bonchev–Trinajstić information content (AvgIpc) is 3.67. The molecule has 3 fully saturated rings. The lowest BCUT2D eigenvalue weighted by molar-refractivity contribution is -0.142. The van der Waals surface area contributed by atoms with Crippen molar-refractivity contribution in [3.8, 4) is 0 Å². The van der Waals surface area contributed by atoms with Gasteiger partial charge in [0, 0.05) is 64.3 Å². The van der Waals surface area contributed by atoms with Crippen molar-refractivity contribution in [3.63, 3.8) is 0 Å². The molecule has 12 nitrogen and oxygen atoms in total. The van der Waals surface area contributed by atoms with E-state index in [1.807, 2.05) is 6.92 Å². The number of carboxylic acid groups (broad SMARTS) is 3. The minimum absolute atomic E-state index is 0.156. The summed E-state index contributed by atoms with van der Waals surface area (Å²) in [5, 5.41) is 51.3. The van der Waals surface area contributed by atoms with E-state index in [1.54, 1.807) is 20.8 Å². The molecule has 6 N–H and O–H groups in total. The highest BCUT2D eigenvalue weighted by atomic mass is 16.4. The molecule has 3 unspecified atom stereocenters. The van der Waals surface area contributed by atoms with E-state index < -0.39 is 23.3 Å². The van der Waals surface area contributed by atoms with Gasteiger partial charge in [0.05, 0.1) is 37.6 Å². The van der Waals surface area contributed by atoms with Crippen molar-refractivity contribution in [2.24, 2.45) is 23.2 Å². The molecule has 0 radical (unpaired) electrons. The average molecular weight is 522 g/mol. The van der Waals surface area contributed by atoms with E-state index in [9.17, 15) is 14.4 Å². The fourth-order valence-corrected chi connectivity index (χ4v) is 2.64. The molecule has 12 heteroatoms. The van der Waals surface area contributed by atoms with Gasteiger partial charge in [-0.15, -0.1) is 0 Å². The second-order valence-corrected chi connectivity index (χ2v) is 9.95. The molecule has 212 valence electrons. The van der Waals surface area contributed by atoms with Gasteiger partial charge < -0.3 is 30.6 Å². The zero-order chi connectivity index (χ0) is 27.9. The Kier molecular flexibility index (Phi) is 16.7. The van der Waals surface area contributed by atoms with Crippen molar-refractivity contribution >= 4 is 17.9 Å². The SMILES string of the molecule is CC(CN1CC1)C(=O)O.CC(CN1CC1)C(=O)O.CC(CN1CC1)C(=O)O.CCC(CO)(CO)CO. The quantitative estimate of drug-likeness (QED) is 0.170. The highest BCUT2D eigenvalue weighted by Gasteiger charge is 2.25. The summed E-state index contributed by atoms with van der Waals surface area (Å²) in [5.74, 6) is -2.68. The van der Waals surface area contributed by atoms with Gasteiger partial charge in [-0.3, -0.25) is 29.1 Å². The van der Waals surface area contributed by atoms with Crippen molar-refractivity contribution in [1.29, 1.82) is 0 Å². The predicted octanol–water partition coefficient (Wildman–Crippen LogP) is -0.572. The van der Waals surface area contributed by atoms with Crippen LogP contribution in [0.4, 0.5) is 0 Å². The second kappa shape index (κ2) is 17.6. The fourth-order valence-electron chi connectivity index (χ4n) is 2.64. The molecule has 0 spiro atoms. The van der Waals surface area contributed by atoms with Crippen molar-refractivity contribution in [1.82, 2.24) is 14.7 Å². The third-order valence-corrected chi connectivity index (χ3v) is 6.24. The van der Waals surface area contributed by atoms with Gasteiger partial charge in [0.2, 0.25) is 0 Å². The van der Waals surface area contributed by atoms with Crippen LogP contribution in [0.1, 0.15) is 34.1 Å². The van der Waals surface area contributed by atoms with Gasteiger partial charge in [0.25, 0.3) is 0 Å². The topological polar surface area (TPSA) is 182 Å². The summed E-state index contributed by atoms with van der Waals surface area (Å²) in [6.07, 6.45) is 0.594.